The van der Waals surface area contributed by atoms with Gasteiger partial charge in [-0.2, -0.15) is 5.10 Å². The highest BCUT2D eigenvalue weighted by atomic mass is 16.2. The molecule has 2 aromatic rings. The number of fused-ring (bicyclic) bond motifs is 1. The van der Waals surface area contributed by atoms with E-state index in [2.05, 4.69) is 15.5 Å². The van der Waals surface area contributed by atoms with E-state index in [0.29, 0.717) is 32.6 Å². The van der Waals surface area contributed by atoms with E-state index in [1.807, 2.05) is 48.2 Å². The average molecular weight is 424 g/mol. The highest BCUT2D eigenvalue weighted by Crippen LogP contribution is 2.52. The lowest BCUT2D eigenvalue weighted by Crippen LogP contribution is -2.48. The Morgan fingerprint density at radius 2 is 1.87 bits per heavy atom. The molecule has 4 rings (SSSR count). The van der Waals surface area contributed by atoms with Gasteiger partial charge in [-0.05, 0) is 29.9 Å². The number of nitrogens with one attached hydrogen (secondary N) is 2. The second kappa shape index (κ2) is 8.91. The van der Waals surface area contributed by atoms with Gasteiger partial charge in [0.05, 0.1) is 12.2 Å². The number of hydrogen-bond donors (Lipinski definition) is 2. The van der Waals surface area contributed by atoms with E-state index in [0.717, 1.165) is 11.3 Å². The molecular formula is C23H29N5O3. The fourth-order valence-corrected chi connectivity index (χ4v) is 4.68. The number of likely N-dealkylation sites (tertiary alicyclic amines) is 1. The van der Waals surface area contributed by atoms with Crippen LogP contribution in [0.3, 0.4) is 0 Å². The maximum absolute atomic E-state index is 13.4. The fourth-order valence-electron chi connectivity index (χ4n) is 4.68. The molecule has 164 valence electrons. The molecule has 0 radical (unpaired) electrons. The number of aromatic nitrogens is 2. The molecule has 31 heavy (non-hydrogen) atoms. The number of hydrogen-bond acceptors (Lipinski definition) is 4. The molecule has 1 aromatic carbocycles. The van der Waals surface area contributed by atoms with E-state index >= 15 is 0 Å². The summed E-state index contributed by atoms with van der Waals surface area (Å²) < 4.78 is 0. The van der Waals surface area contributed by atoms with Crippen LogP contribution in [-0.2, 0) is 27.5 Å². The van der Waals surface area contributed by atoms with Gasteiger partial charge < -0.3 is 15.1 Å². The predicted octanol–water partition coefficient (Wildman–Crippen LogP) is 1.56. The van der Waals surface area contributed by atoms with Gasteiger partial charge in [0.1, 0.15) is 6.04 Å². The van der Waals surface area contributed by atoms with Crippen LogP contribution in [-0.4, -0.2) is 56.9 Å². The van der Waals surface area contributed by atoms with Gasteiger partial charge in [-0.25, -0.2) is 0 Å². The Balaban J connectivity index is 1.39. The van der Waals surface area contributed by atoms with Gasteiger partial charge in [-0.15, -0.1) is 0 Å². The fraction of sp³-hybridized carbons (Fsp3) is 0.478. The van der Waals surface area contributed by atoms with E-state index in [1.165, 1.54) is 6.92 Å². The maximum atomic E-state index is 13.4. The van der Waals surface area contributed by atoms with Crippen LogP contribution in [0, 0.1) is 17.8 Å². The van der Waals surface area contributed by atoms with Gasteiger partial charge in [-0.1, -0.05) is 37.3 Å². The number of H-pyrrole nitrogens is 1. The molecule has 2 heterocycles. The number of carbonyl (C=O) groups is 3. The van der Waals surface area contributed by atoms with Gasteiger partial charge in [0.25, 0.3) is 0 Å². The molecule has 1 saturated heterocycles. The van der Waals surface area contributed by atoms with Crippen LogP contribution in [0.1, 0.15) is 31.5 Å². The standard InChI is InChI=1S/C23H29N5O3/c1-3-20(25-15(2)29)22(30)28-13-18-19(14-28)21(18)23(31)27(12-17-9-10-24-26-17)11-16-7-5-4-6-8-16/h4-10,18-21H,3,11-14H2,1-2H3,(H,24,26)(H,25,29)/t18-,19+,20-,21?/m1/s1. The smallest absolute Gasteiger partial charge is 0.245 e. The second-order valence-electron chi connectivity index (χ2n) is 8.52. The minimum absolute atomic E-state index is 0.0449. The largest absolute Gasteiger partial charge is 0.345 e. The zero-order valence-corrected chi connectivity index (χ0v) is 18.0. The van der Waals surface area contributed by atoms with Crippen LogP contribution in [0.4, 0.5) is 0 Å². The Kier molecular flexibility index (Phi) is 6.06. The van der Waals surface area contributed by atoms with Crippen molar-refractivity contribution in [1.29, 1.82) is 0 Å². The summed E-state index contributed by atoms with van der Waals surface area (Å²) in [6.07, 6.45) is 2.25. The maximum Gasteiger partial charge on any atom is 0.245 e. The Hall–Kier alpha value is -3.16. The Morgan fingerprint density at radius 1 is 1.16 bits per heavy atom. The van der Waals surface area contributed by atoms with E-state index in [1.54, 1.807) is 11.1 Å². The van der Waals surface area contributed by atoms with Crippen molar-refractivity contribution in [2.24, 2.45) is 17.8 Å². The van der Waals surface area contributed by atoms with Crippen molar-refractivity contribution in [2.75, 3.05) is 13.1 Å². The van der Waals surface area contributed by atoms with Crippen LogP contribution in [0.2, 0.25) is 0 Å². The summed E-state index contributed by atoms with van der Waals surface area (Å²) in [4.78, 5) is 41.2. The summed E-state index contributed by atoms with van der Waals surface area (Å²) in [5.41, 5.74) is 1.98. The Morgan fingerprint density at radius 3 is 2.45 bits per heavy atom. The number of amides is 3. The zero-order valence-electron chi connectivity index (χ0n) is 18.0. The molecule has 2 N–H and O–H groups in total. The van der Waals surface area contributed by atoms with Gasteiger partial charge in [-0.3, -0.25) is 19.5 Å². The summed E-state index contributed by atoms with van der Waals surface area (Å²) in [5, 5.41) is 9.67. The molecule has 1 aromatic heterocycles. The van der Waals surface area contributed by atoms with Crippen molar-refractivity contribution < 1.29 is 14.4 Å². The Labute approximate surface area is 182 Å². The number of piperidine rings is 1. The van der Waals surface area contributed by atoms with Crippen LogP contribution < -0.4 is 5.32 Å². The summed E-state index contributed by atoms with van der Waals surface area (Å²) >= 11 is 0. The lowest BCUT2D eigenvalue weighted by atomic mass is 10.1. The molecule has 8 heteroatoms. The molecule has 2 fully saturated rings. The van der Waals surface area contributed by atoms with Crippen LogP contribution in [0.15, 0.2) is 42.6 Å². The second-order valence-corrected chi connectivity index (χ2v) is 8.52. The first kappa shape index (κ1) is 21.1. The SMILES string of the molecule is CC[C@@H](NC(C)=O)C(=O)N1C[C@@H]2C(C(=O)N(Cc3ccccc3)Cc3ccn[nH]3)[C@@H]2C1. The quantitative estimate of drug-likeness (QED) is 0.673. The highest BCUT2D eigenvalue weighted by Gasteiger charge is 2.61. The number of nitrogens with zero attached hydrogens (tertiary/aromatic N) is 3. The molecule has 0 bridgehead atoms. The van der Waals surface area contributed by atoms with Crippen molar-refractivity contribution in [3.8, 4) is 0 Å². The molecule has 8 nitrogen and oxygen atoms in total. The summed E-state index contributed by atoms with van der Waals surface area (Å²) in [6, 6.07) is 11.4. The Bertz CT molecular complexity index is 918. The average Bonchev–Trinajstić information content (AvgIpc) is 3.12. The molecule has 1 unspecified atom stereocenters. The van der Waals surface area contributed by atoms with Crippen molar-refractivity contribution in [3.05, 3.63) is 53.9 Å². The van der Waals surface area contributed by atoms with Crippen molar-refractivity contribution >= 4 is 17.7 Å². The monoisotopic (exact) mass is 423 g/mol. The topological polar surface area (TPSA) is 98.4 Å². The molecule has 1 aliphatic carbocycles. The van der Waals surface area contributed by atoms with Crippen molar-refractivity contribution in [1.82, 2.24) is 25.3 Å². The molecular weight excluding hydrogens is 394 g/mol. The van der Waals surface area contributed by atoms with Gasteiger partial charge in [0.15, 0.2) is 0 Å². The third-order valence-electron chi connectivity index (χ3n) is 6.32. The predicted molar refractivity (Wildman–Crippen MR) is 114 cm³/mol. The van der Waals surface area contributed by atoms with Crippen LogP contribution >= 0.6 is 0 Å². The number of carbonyl (C=O) groups excluding carboxylic acids is 3. The number of rotatable bonds is 8. The van der Waals surface area contributed by atoms with E-state index < -0.39 is 6.04 Å². The first-order chi connectivity index (χ1) is 15.0. The van der Waals surface area contributed by atoms with E-state index in [4.69, 9.17) is 0 Å². The zero-order chi connectivity index (χ0) is 22.0. The lowest BCUT2D eigenvalue weighted by molar-refractivity contribution is -0.138. The van der Waals surface area contributed by atoms with Gasteiger partial charge in [0, 0.05) is 38.7 Å². The van der Waals surface area contributed by atoms with E-state index in [-0.39, 0.29) is 35.5 Å². The first-order valence-electron chi connectivity index (χ1n) is 10.8. The molecule has 1 aliphatic heterocycles. The van der Waals surface area contributed by atoms with Crippen LogP contribution in [0.25, 0.3) is 0 Å². The molecule has 1 saturated carbocycles. The van der Waals surface area contributed by atoms with Crippen LogP contribution in [0.5, 0.6) is 0 Å². The minimum atomic E-state index is -0.487. The highest BCUT2D eigenvalue weighted by molar-refractivity contribution is 5.88. The third-order valence-corrected chi connectivity index (χ3v) is 6.32. The third kappa shape index (κ3) is 4.62. The van der Waals surface area contributed by atoms with E-state index in [9.17, 15) is 14.4 Å². The molecule has 4 atom stereocenters. The van der Waals surface area contributed by atoms with Crippen molar-refractivity contribution in [3.63, 3.8) is 0 Å². The minimum Gasteiger partial charge on any atom is -0.345 e. The van der Waals surface area contributed by atoms with Crippen molar-refractivity contribution in [2.45, 2.75) is 39.4 Å². The van der Waals surface area contributed by atoms with Gasteiger partial charge in [0.2, 0.25) is 17.7 Å². The molecule has 0 spiro atoms. The number of benzene rings is 1. The number of aromatic amines is 1. The summed E-state index contributed by atoms with van der Waals surface area (Å²) in [7, 11) is 0. The summed E-state index contributed by atoms with van der Waals surface area (Å²) in [6.45, 7) is 5.49. The molecule has 2 aliphatic rings. The summed E-state index contributed by atoms with van der Waals surface area (Å²) in [5.74, 6) is 0.242. The first-order valence-corrected chi connectivity index (χ1v) is 10.8. The molecule has 3 amide bonds. The lowest BCUT2D eigenvalue weighted by Gasteiger charge is -2.27. The normalized spacial score (nSPS) is 22.5. The van der Waals surface area contributed by atoms with Gasteiger partial charge >= 0.3 is 0 Å².